The SMILES string of the molecule is C=C(C)C(N)C/C(O)=C\CC. The highest BCUT2D eigenvalue weighted by Crippen LogP contribution is 2.06. The average Bonchev–Trinajstić information content (AvgIpc) is 1.87. The third-order valence-corrected chi connectivity index (χ3v) is 1.50. The van der Waals surface area contributed by atoms with Gasteiger partial charge in [-0.25, -0.2) is 0 Å². The Balaban J connectivity index is 3.84. The Morgan fingerprint density at radius 2 is 2.27 bits per heavy atom. The van der Waals surface area contributed by atoms with Gasteiger partial charge in [-0.2, -0.15) is 0 Å². The van der Waals surface area contributed by atoms with Gasteiger partial charge in [0.15, 0.2) is 0 Å². The van der Waals surface area contributed by atoms with E-state index in [0.29, 0.717) is 12.2 Å². The Hall–Kier alpha value is -0.760. The van der Waals surface area contributed by atoms with Crippen LogP contribution in [0.2, 0.25) is 0 Å². The molecule has 0 saturated heterocycles. The molecule has 0 heterocycles. The number of allylic oxidation sites excluding steroid dienone is 1. The van der Waals surface area contributed by atoms with Gasteiger partial charge in [-0.05, 0) is 19.4 Å². The summed E-state index contributed by atoms with van der Waals surface area (Å²) in [5, 5.41) is 9.21. The molecule has 0 aromatic rings. The molecule has 0 aromatic carbocycles. The molecule has 1 atom stereocenters. The maximum atomic E-state index is 9.21. The molecule has 0 aliphatic carbocycles. The van der Waals surface area contributed by atoms with Crippen LogP contribution in [0.3, 0.4) is 0 Å². The van der Waals surface area contributed by atoms with Crippen molar-refractivity contribution in [2.24, 2.45) is 5.73 Å². The first-order valence-corrected chi connectivity index (χ1v) is 3.87. The van der Waals surface area contributed by atoms with Gasteiger partial charge >= 0.3 is 0 Å². The van der Waals surface area contributed by atoms with E-state index in [1.165, 1.54) is 0 Å². The van der Waals surface area contributed by atoms with E-state index < -0.39 is 0 Å². The Kier molecular flexibility index (Phi) is 4.62. The number of nitrogens with two attached hydrogens (primary N) is 1. The van der Waals surface area contributed by atoms with Crippen LogP contribution in [-0.4, -0.2) is 11.1 Å². The van der Waals surface area contributed by atoms with Crippen molar-refractivity contribution in [3.63, 3.8) is 0 Å². The van der Waals surface area contributed by atoms with Crippen molar-refractivity contribution >= 4 is 0 Å². The largest absolute Gasteiger partial charge is 0.513 e. The van der Waals surface area contributed by atoms with E-state index in [2.05, 4.69) is 6.58 Å². The Labute approximate surface area is 68.4 Å². The minimum Gasteiger partial charge on any atom is -0.513 e. The lowest BCUT2D eigenvalue weighted by atomic mass is 10.1. The van der Waals surface area contributed by atoms with E-state index in [4.69, 9.17) is 5.73 Å². The lowest BCUT2D eigenvalue weighted by Crippen LogP contribution is -2.21. The van der Waals surface area contributed by atoms with Crippen molar-refractivity contribution in [3.8, 4) is 0 Å². The molecule has 0 bridgehead atoms. The first-order chi connectivity index (χ1) is 5.07. The maximum absolute atomic E-state index is 9.21. The summed E-state index contributed by atoms with van der Waals surface area (Å²) in [7, 11) is 0. The molecular weight excluding hydrogens is 138 g/mol. The Morgan fingerprint density at radius 1 is 1.73 bits per heavy atom. The minimum absolute atomic E-state index is 0.113. The molecule has 0 aliphatic rings. The van der Waals surface area contributed by atoms with Crippen LogP contribution in [-0.2, 0) is 0 Å². The first-order valence-electron chi connectivity index (χ1n) is 3.87. The van der Waals surface area contributed by atoms with Crippen LogP contribution >= 0.6 is 0 Å². The number of rotatable bonds is 4. The van der Waals surface area contributed by atoms with E-state index in [9.17, 15) is 5.11 Å². The molecule has 1 unspecified atom stereocenters. The maximum Gasteiger partial charge on any atom is 0.0901 e. The highest BCUT2D eigenvalue weighted by Gasteiger charge is 2.04. The van der Waals surface area contributed by atoms with Gasteiger partial charge in [-0.15, -0.1) is 0 Å². The van der Waals surface area contributed by atoms with E-state index in [1.54, 1.807) is 6.08 Å². The van der Waals surface area contributed by atoms with Gasteiger partial charge in [0.25, 0.3) is 0 Å². The molecule has 3 N–H and O–H groups in total. The zero-order valence-corrected chi connectivity index (χ0v) is 7.30. The highest BCUT2D eigenvalue weighted by atomic mass is 16.3. The van der Waals surface area contributed by atoms with E-state index in [-0.39, 0.29) is 6.04 Å². The molecule has 0 rings (SSSR count). The van der Waals surface area contributed by atoms with Gasteiger partial charge < -0.3 is 10.8 Å². The van der Waals surface area contributed by atoms with Gasteiger partial charge in [0.05, 0.1) is 5.76 Å². The molecule has 2 heteroatoms. The topological polar surface area (TPSA) is 46.2 Å². The Morgan fingerprint density at radius 3 is 2.64 bits per heavy atom. The van der Waals surface area contributed by atoms with E-state index >= 15 is 0 Å². The molecule has 11 heavy (non-hydrogen) atoms. The van der Waals surface area contributed by atoms with Crippen molar-refractivity contribution in [2.75, 3.05) is 0 Å². The molecule has 2 nitrogen and oxygen atoms in total. The molecule has 0 spiro atoms. The summed E-state index contributed by atoms with van der Waals surface area (Å²) in [6, 6.07) is -0.113. The van der Waals surface area contributed by atoms with Crippen LogP contribution in [0.15, 0.2) is 24.0 Å². The predicted octanol–water partition coefficient (Wildman–Crippen LogP) is 2.13. The quantitative estimate of drug-likeness (QED) is 0.482. The van der Waals surface area contributed by atoms with E-state index in [1.807, 2.05) is 13.8 Å². The number of aliphatic hydroxyl groups is 1. The summed E-state index contributed by atoms with van der Waals surface area (Å²) >= 11 is 0. The summed E-state index contributed by atoms with van der Waals surface area (Å²) in [5.74, 6) is 0.364. The van der Waals surface area contributed by atoms with Crippen LogP contribution in [0.1, 0.15) is 26.7 Å². The Bertz CT molecular complexity index is 161. The summed E-state index contributed by atoms with van der Waals surface area (Å²) in [5.41, 5.74) is 6.55. The van der Waals surface area contributed by atoms with Crippen molar-refractivity contribution < 1.29 is 5.11 Å². The molecular formula is C9H17NO. The fourth-order valence-corrected chi connectivity index (χ4v) is 0.719. The normalized spacial score (nSPS) is 14.6. The average molecular weight is 155 g/mol. The van der Waals surface area contributed by atoms with Crippen molar-refractivity contribution in [1.29, 1.82) is 0 Å². The smallest absolute Gasteiger partial charge is 0.0901 e. The van der Waals surface area contributed by atoms with Crippen LogP contribution in [0.5, 0.6) is 0 Å². The third kappa shape index (κ3) is 4.62. The van der Waals surface area contributed by atoms with Crippen LogP contribution in [0.25, 0.3) is 0 Å². The minimum atomic E-state index is -0.113. The monoisotopic (exact) mass is 155 g/mol. The molecule has 64 valence electrons. The highest BCUT2D eigenvalue weighted by molar-refractivity contribution is 5.06. The first kappa shape index (κ1) is 10.2. The fraction of sp³-hybridized carbons (Fsp3) is 0.556. The third-order valence-electron chi connectivity index (χ3n) is 1.50. The predicted molar refractivity (Wildman–Crippen MR) is 48.4 cm³/mol. The lowest BCUT2D eigenvalue weighted by Gasteiger charge is -2.09. The standard InChI is InChI=1S/C9H17NO/c1-4-5-8(11)6-9(10)7(2)3/h5,9,11H,2,4,6,10H2,1,3H3/b8-5+. The fourth-order valence-electron chi connectivity index (χ4n) is 0.719. The van der Waals surface area contributed by atoms with Crippen LogP contribution < -0.4 is 5.73 Å². The van der Waals surface area contributed by atoms with Gasteiger partial charge in [0.2, 0.25) is 0 Å². The van der Waals surface area contributed by atoms with Gasteiger partial charge in [-0.3, -0.25) is 0 Å². The zero-order chi connectivity index (χ0) is 8.85. The van der Waals surface area contributed by atoms with Gasteiger partial charge in [-0.1, -0.05) is 19.1 Å². The van der Waals surface area contributed by atoms with Crippen molar-refractivity contribution in [1.82, 2.24) is 0 Å². The van der Waals surface area contributed by atoms with Gasteiger partial charge in [0.1, 0.15) is 0 Å². The lowest BCUT2D eigenvalue weighted by molar-refractivity contribution is 0.377. The second-order valence-corrected chi connectivity index (χ2v) is 2.76. The summed E-state index contributed by atoms with van der Waals surface area (Å²) < 4.78 is 0. The molecule has 0 fully saturated rings. The molecule has 0 saturated carbocycles. The summed E-state index contributed by atoms with van der Waals surface area (Å²) in [6.07, 6.45) is 3.11. The molecule has 0 amide bonds. The number of aliphatic hydroxyl groups excluding tert-OH is 1. The number of hydrogen-bond donors (Lipinski definition) is 2. The number of hydrogen-bond acceptors (Lipinski definition) is 2. The van der Waals surface area contributed by atoms with Crippen LogP contribution in [0, 0.1) is 0 Å². The van der Waals surface area contributed by atoms with Crippen molar-refractivity contribution in [2.45, 2.75) is 32.7 Å². The van der Waals surface area contributed by atoms with Gasteiger partial charge in [0, 0.05) is 12.5 Å². The van der Waals surface area contributed by atoms with E-state index in [0.717, 1.165) is 12.0 Å². The zero-order valence-electron chi connectivity index (χ0n) is 7.30. The summed E-state index contributed by atoms with van der Waals surface area (Å²) in [4.78, 5) is 0. The second kappa shape index (κ2) is 4.97. The molecule has 0 aromatic heterocycles. The molecule has 0 aliphatic heterocycles. The second-order valence-electron chi connectivity index (χ2n) is 2.76. The molecule has 0 radical (unpaired) electrons. The van der Waals surface area contributed by atoms with Crippen molar-refractivity contribution in [3.05, 3.63) is 24.0 Å². The summed E-state index contributed by atoms with van der Waals surface area (Å²) in [6.45, 7) is 7.54. The van der Waals surface area contributed by atoms with Crippen LogP contribution in [0.4, 0.5) is 0 Å².